The quantitative estimate of drug-likeness (QED) is 0.731. The van der Waals surface area contributed by atoms with Crippen LogP contribution in [0.15, 0.2) is 21.1 Å². The summed E-state index contributed by atoms with van der Waals surface area (Å²) in [6, 6.07) is 4.62. The van der Waals surface area contributed by atoms with Gasteiger partial charge < -0.3 is 14.8 Å². The molecule has 0 unspecified atom stereocenters. The first-order chi connectivity index (χ1) is 8.54. The monoisotopic (exact) mass is 379 g/mol. The van der Waals surface area contributed by atoms with Gasteiger partial charge in [-0.1, -0.05) is 13.8 Å². The summed E-state index contributed by atoms with van der Waals surface area (Å²) in [5.41, 5.74) is 1.21. The third-order valence-electron chi connectivity index (χ3n) is 2.31. The third-order valence-corrected chi connectivity index (χ3v) is 3.48. The van der Waals surface area contributed by atoms with Crippen molar-refractivity contribution in [1.29, 1.82) is 0 Å². The summed E-state index contributed by atoms with van der Waals surface area (Å²) in [7, 11) is 1.66. The molecule has 1 aromatic rings. The van der Waals surface area contributed by atoms with E-state index in [0.717, 1.165) is 21.2 Å². The summed E-state index contributed by atoms with van der Waals surface area (Å²) in [5, 5.41) is 3.39. The summed E-state index contributed by atoms with van der Waals surface area (Å²) in [6.45, 7) is 6.22. The van der Waals surface area contributed by atoms with Gasteiger partial charge in [0.15, 0.2) is 0 Å². The molecule has 0 aliphatic heterocycles. The molecule has 18 heavy (non-hydrogen) atoms. The zero-order chi connectivity index (χ0) is 13.5. The van der Waals surface area contributed by atoms with Crippen molar-refractivity contribution in [3.8, 4) is 5.75 Å². The molecular formula is C13H19Br2NO2. The second-order valence-corrected chi connectivity index (χ2v) is 5.97. The van der Waals surface area contributed by atoms with Crippen molar-refractivity contribution in [2.75, 3.05) is 20.3 Å². The molecule has 0 atom stereocenters. The van der Waals surface area contributed by atoms with Crippen molar-refractivity contribution in [3.63, 3.8) is 0 Å². The maximum absolute atomic E-state index is 5.65. The number of halogens is 2. The first-order valence-electron chi connectivity index (χ1n) is 5.87. The van der Waals surface area contributed by atoms with Crippen LogP contribution in [-0.2, 0) is 11.3 Å². The number of nitrogens with one attached hydrogen (secondary N) is 1. The van der Waals surface area contributed by atoms with E-state index < -0.39 is 0 Å². The van der Waals surface area contributed by atoms with Crippen LogP contribution in [0.1, 0.15) is 19.4 Å². The largest absolute Gasteiger partial charge is 0.489 e. The van der Waals surface area contributed by atoms with Crippen molar-refractivity contribution in [1.82, 2.24) is 5.32 Å². The van der Waals surface area contributed by atoms with Crippen molar-refractivity contribution in [2.24, 2.45) is 0 Å². The Morgan fingerprint density at radius 1 is 1.17 bits per heavy atom. The molecule has 0 fully saturated rings. The van der Waals surface area contributed by atoms with Gasteiger partial charge in [-0.2, -0.15) is 0 Å². The average molecular weight is 381 g/mol. The molecule has 3 nitrogen and oxygen atoms in total. The summed E-state index contributed by atoms with van der Waals surface area (Å²) >= 11 is 7.07. The standard InChI is InChI=1S/C13H19Br2NO2/c1-9(2)16-8-10-6-11(14)13(12(15)7-10)18-5-4-17-3/h6-7,9,16H,4-5,8H2,1-3H3. The highest BCUT2D eigenvalue weighted by Crippen LogP contribution is 2.34. The molecule has 5 heteroatoms. The molecule has 0 spiro atoms. The first kappa shape index (κ1) is 16.0. The van der Waals surface area contributed by atoms with Gasteiger partial charge in [-0.25, -0.2) is 0 Å². The smallest absolute Gasteiger partial charge is 0.147 e. The van der Waals surface area contributed by atoms with Gasteiger partial charge in [0, 0.05) is 19.7 Å². The maximum atomic E-state index is 5.65. The molecule has 0 radical (unpaired) electrons. The molecular weight excluding hydrogens is 362 g/mol. The Kier molecular flexibility index (Phi) is 7.22. The van der Waals surface area contributed by atoms with Crippen LogP contribution in [0.25, 0.3) is 0 Å². The van der Waals surface area contributed by atoms with E-state index in [4.69, 9.17) is 9.47 Å². The molecule has 1 rings (SSSR count). The van der Waals surface area contributed by atoms with Gasteiger partial charge in [-0.3, -0.25) is 0 Å². The van der Waals surface area contributed by atoms with Crippen LogP contribution in [0.4, 0.5) is 0 Å². The Balaban J connectivity index is 2.71. The second kappa shape index (κ2) is 8.15. The molecule has 102 valence electrons. The molecule has 1 aromatic carbocycles. The van der Waals surface area contributed by atoms with Crippen LogP contribution in [0, 0.1) is 0 Å². The Hall–Kier alpha value is -0.100. The molecule has 0 saturated heterocycles. The number of rotatable bonds is 7. The second-order valence-electron chi connectivity index (χ2n) is 4.27. The van der Waals surface area contributed by atoms with Crippen LogP contribution in [0.3, 0.4) is 0 Å². The highest BCUT2D eigenvalue weighted by molar-refractivity contribution is 9.11. The van der Waals surface area contributed by atoms with Crippen molar-refractivity contribution in [3.05, 3.63) is 26.6 Å². The van der Waals surface area contributed by atoms with Gasteiger partial charge in [0.2, 0.25) is 0 Å². The summed E-state index contributed by atoms with van der Waals surface area (Å²) in [5.74, 6) is 0.820. The Morgan fingerprint density at radius 2 is 1.78 bits per heavy atom. The van der Waals surface area contributed by atoms with Crippen molar-refractivity contribution < 1.29 is 9.47 Å². The Labute approximate surface area is 125 Å². The predicted octanol–water partition coefficient (Wildman–Crippen LogP) is 3.73. The van der Waals surface area contributed by atoms with Crippen LogP contribution in [-0.4, -0.2) is 26.4 Å². The molecule has 0 aliphatic carbocycles. The van der Waals surface area contributed by atoms with Gasteiger partial charge in [-0.05, 0) is 49.6 Å². The maximum Gasteiger partial charge on any atom is 0.147 e. The number of methoxy groups -OCH3 is 1. The SMILES string of the molecule is COCCOc1c(Br)cc(CNC(C)C)cc1Br. The Bertz CT molecular complexity index is 360. The average Bonchev–Trinajstić information content (AvgIpc) is 2.30. The van der Waals surface area contributed by atoms with Gasteiger partial charge in [-0.15, -0.1) is 0 Å². The van der Waals surface area contributed by atoms with E-state index in [1.54, 1.807) is 7.11 Å². The number of hydrogen-bond acceptors (Lipinski definition) is 3. The molecule has 0 heterocycles. The number of benzene rings is 1. The first-order valence-corrected chi connectivity index (χ1v) is 7.46. The van der Waals surface area contributed by atoms with E-state index in [1.807, 2.05) is 0 Å². The van der Waals surface area contributed by atoms with Crippen molar-refractivity contribution >= 4 is 31.9 Å². The number of ether oxygens (including phenoxy) is 2. The van der Waals surface area contributed by atoms with E-state index in [0.29, 0.717) is 19.3 Å². The Morgan fingerprint density at radius 3 is 2.28 bits per heavy atom. The number of hydrogen-bond donors (Lipinski definition) is 1. The molecule has 0 amide bonds. The van der Waals surface area contributed by atoms with E-state index >= 15 is 0 Å². The van der Waals surface area contributed by atoms with Crippen LogP contribution in [0.5, 0.6) is 5.75 Å². The van der Waals surface area contributed by atoms with Gasteiger partial charge in [0.05, 0.1) is 15.6 Å². The van der Waals surface area contributed by atoms with Crippen LogP contribution >= 0.6 is 31.9 Å². The lowest BCUT2D eigenvalue weighted by atomic mass is 10.2. The highest BCUT2D eigenvalue weighted by atomic mass is 79.9. The minimum atomic E-state index is 0.472. The van der Waals surface area contributed by atoms with Gasteiger partial charge >= 0.3 is 0 Å². The van der Waals surface area contributed by atoms with Crippen molar-refractivity contribution in [2.45, 2.75) is 26.4 Å². The predicted molar refractivity (Wildman–Crippen MR) is 81.2 cm³/mol. The zero-order valence-corrected chi connectivity index (χ0v) is 14.1. The lowest BCUT2D eigenvalue weighted by molar-refractivity contribution is 0.145. The van der Waals surface area contributed by atoms with E-state index in [-0.39, 0.29) is 0 Å². The summed E-state index contributed by atoms with van der Waals surface area (Å²) < 4.78 is 12.5. The fraction of sp³-hybridized carbons (Fsp3) is 0.538. The minimum Gasteiger partial charge on any atom is -0.489 e. The molecule has 0 aliphatic rings. The molecule has 0 bridgehead atoms. The lowest BCUT2D eigenvalue weighted by Gasteiger charge is -2.13. The van der Waals surface area contributed by atoms with Crippen LogP contribution < -0.4 is 10.1 Å². The highest BCUT2D eigenvalue weighted by Gasteiger charge is 2.09. The molecule has 0 saturated carbocycles. The van der Waals surface area contributed by atoms with Crippen LogP contribution in [0.2, 0.25) is 0 Å². The van der Waals surface area contributed by atoms with Gasteiger partial charge in [0.25, 0.3) is 0 Å². The molecule has 1 N–H and O–H groups in total. The zero-order valence-electron chi connectivity index (χ0n) is 10.9. The summed E-state index contributed by atoms with van der Waals surface area (Å²) in [6.07, 6.45) is 0. The van der Waals surface area contributed by atoms with E-state index in [9.17, 15) is 0 Å². The van der Waals surface area contributed by atoms with E-state index in [2.05, 4.69) is 63.2 Å². The molecule has 0 aromatic heterocycles. The normalized spacial score (nSPS) is 11.0. The van der Waals surface area contributed by atoms with E-state index in [1.165, 1.54) is 5.56 Å². The van der Waals surface area contributed by atoms with Gasteiger partial charge in [0.1, 0.15) is 12.4 Å². The third kappa shape index (κ3) is 5.26. The minimum absolute atomic E-state index is 0.472. The fourth-order valence-corrected chi connectivity index (χ4v) is 2.91. The lowest BCUT2D eigenvalue weighted by Crippen LogP contribution is -2.21. The summed E-state index contributed by atoms with van der Waals surface area (Å²) in [4.78, 5) is 0. The fourth-order valence-electron chi connectivity index (χ4n) is 1.40. The topological polar surface area (TPSA) is 30.5 Å².